The summed E-state index contributed by atoms with van der Waals surface area (Å²) in [6.45, 7) is 7.08. The number of nitrogens with two attached hydrogens (primary N) is 2. The molecule has 0 aliphatic rings. The van der Waals surface area contributed by atoms with Gasteiger partial charge in [-0.25, -0.2) is 4.79 Å². The molecule has 0 bridgehead atoms. The topological polar surface area (TPSA) is 95.4 Å². The zero-order valence-corrected chi connectivity index (χ0v) is 10.5. The van der Waals surface area contributed by atoms with E-state index in [4.69, 9.17) is 16.2 Å². The summed E-state index contributed by atoms with van der Waals surface area (Å²) in [6.07, 6.45) is 1.70. The van der Waals surface area contributed by atoms with Gasteiger partial charge in [-0.3, -0.25) is 4.79 Å². The number of primary amides is 1. The van der Waals surface area contributed by atoms with E-state index in [1.165, 1.54) is 0 Å². The molecule has 0 heterocycles. The van der Waals surface area contributed by atoms with E-state index in [0.717, 1.165) is 6.42 Å². The van der Waals surface area contributed by atoms with E-state index in [1.54, 1.807) is 20.8 Å². The van der Waals surface area contributed by atoms with Gasteiger partial charge >= 0.3 is 5.97 Å². The second-order valence-corrected chi connectivity index (χ2v) is 4.94. The van der Waals surface area contributed by atoms with Crippen LogP contribution in [0.3, 0.4) is 0 Å². The molecule has 0 aromatic carbocycles. The predicted octanol–water partition coefficient (Wildman–Crippen LogP) is 0.701. The minimum atomic E-state index is -1.71. The van der Waals surface area contributed by atoms with Crippen molar-refractivity contribution in [2.75, 3.05) is 0 Å². The molecule has 0 saturated heterocycles. The summed E-state index contributed by atoms with van der Waals surface area (Å²) in [7, 11) is 0. The van der Waals surface area contributed by atoms with Crippen molar-refractivity contribution in [2.24, 2.45) is 11.5 Å². The Hall–Kier alpha value is -1.10. The van der Waals surface area contributed by atoms with Crippen LogP contribution in [0.2, 0.25) is 0 Å². The molecule has 94 valence electrons. The lowest BCUT2D eigenvalue weighted by Gasteiger charge is -2.28. The van der Waals surface area contributed by atoms with Crippen LogP contribution in [0.5, 0.6) is 0 Å². The van der Waals surface area contributed by atoms with Crippen LogP contribution < -0.4 is 11.5 Å². The van der Waals surface area contributed by atoms with Crippen LogP contribution in [-0.2, 0) is 14.3 Å². The maximum absolute atomic E-state index is 11.8. The fraction of sp³-hybridized carbons (Fsp3) is 0.818. The van der Waals surface area contributed by atoms with Crippen molar-refractivity contribution < 1.29 is 14.3 Å². The van der Waals surface area contributed by atoms with Gasteiger partial charge in [0.15, 0.2) is 5.54 Å². The number of unbranched alkanes of at least 4 members (excludes halogenated alkanes) is 1. The first-order chi connectivity index (χ1) is 7.13. The molecular formula is C11H22N2O3. The zero-order chi connectivity index (χ0) is 13.0. The fourth-order valence-electron chi connectivity index (χ4n) is 1.15. The third kappa shape index (κ3) is 4.18. The molecular weight excluding hydrogens is 208 g/mol. The lowest BCUT2D eigenvalue weighted by molar-refractivity contribution is -0.164. The standard InChI is InChI=1S/C11H22N2O3/c1-5-6-7-11(13,8(12)14)9(15)16-10(2,3)4/h5-7,13H2,1-4H3,(H2,12,14)/t11-/m1/s1. The molecule has 0 aromatic heterocycles. The molecule has 5 heteroatoms. The van der Waals surface area contributed by atoms with Gasteiger partial charge in [-0.15, -0.1) is 0 Å². The minimum absolute atomic E-state index is 0.216. The Morgan fingerprint density at radius 2 is 1.75 bits per heavy atom. The van der Waals surface area contributed by atoms with Gasteiger partial charge in [0.1, 0.15) is 5.60 Å². The van der Waals surface area contributed by atoms with Gasteiger partial charge in [0.2, 0.25) is 5.91 Å². The number of ether oxygens (including phenoxy) is 1. The number of carbonyl (C=O) groups is 2. The van der Waals surface area contributed by atoms with E-state index < -0.39 is 23.0 Å². The van der Waals surface area contributed by atoms with Crippen LogP contribution in [-0.4, -0.2) is 23.0 Å². The normalized spacial score (nSPS) is 15.3. The van der Waals surface area contributed by atoms with E-state index in [1.807, 2.05) is 6.92 Å². The van der Waals surface area contributed by atoms with E-state index in [0.29, 0.717) is 6.42 Å². The monoisotopic (exact) mass is 230 g/mol. The Morgan fingerprint density at radius 1 is 1.25 bits per heavy atom. The van der Waals surface area contributed by atoms with Crippen molar-refractivity contribution in [1.82, 2.24) is 0 Å². The summed E-state index contributed by atoms with van der Waals surface area (Å²) in [5, 5.41) is 0. The van der Waals surface area contributed by atoms with Crippen molar-refractivity contribution in [3.63, 3.8) is 0 Å². The molecule has 5 nitrogen and oxygen atoms in total. The molecule has 0 aromatic rings. The van der Waals surface area contributed by atoms with Crippen LogP contribution in [0.15, 0.2) is 0 Å². The van der Waals surface area contributed by atoms with Crippen molar-refractivity contribution >= 4 is 11.9 Å². The molecule has 0 aliphatic carbocycles. The lowest BCUT2D eigenvalue weighted by atomic mass is 9.93. The van der Waals surface area contributed by atoms with E-state index >= 15 is 0 Å². The average molecular weight is 230 g/mol. The Labute approximate surface area is 96.5 Å². The first-order valence-corrected chi connectivity index (χ1v) is 5.45. The molecule has 0 aliphatic heterocycles. The lowest BCUT2D eigenvalue weighted by Crippen LogP contribution is -2.59. The van der Waals surface area contributed by atoms with Crippen LogP contribution in [0, 0.1) is 0 Å². The highest BCUT2D eigenvalue weighted by molar-refractivity contribution is 6.06. The molecule has 0 fully saturated rings. The second kappa shape index (κ2) is 5.30. The Kier molecular flexibility index (Phi) is 4.93. The highest BCUT2D eigenvalue weighted by Crippen LogP contribution is 2.17. The first-order valence-electron chi connectivity index (χ1n) is 5.45. The second-order valence-electron chi connectivity index (χ2n) is 4.94. The van der Waals surface area contributed by atoms with Crippen LogP contribution >= 0.6 is 0 Å². The molecule has 0 unspecified atom stereocenters. The van der Waals surface area contributed by atoms with Gasteiger partial charge < -0.3 is 16.2 Å². The van der Waals surface area contributed by atoms with Crippen LogP contribution in [0.1, 0.15) is 47.0 Å². The number of rotatable bonds is 5. The van der Waals surface area contributed by atoms with Gasteiger partial charge in [-0.1, -0.05) is 19.8 Å². The smallest absolute Gasteiger partial charge is 0.336 e. The number of hydrogen-bond donors (Lipinski definition) is 2. The molecule has 0 saturated carbocycles. The Morgan fingerprint density at radius 3 is 2.06 bits per heavy atom. The van der Waals surface area contributed by atoms with Crippen LogP contribution in [0.25, 0.3) is 0 Å². The fourth-order valence-corrected chi connectivity index (χ4v) is 1.15. The Balaban J connectivity index is 4.77. The van der Waals surface area contributed by atoms with Crippen molar-refractivity contribution in [1.29, 1.82) is 0 Å². The SMILES string of the molecule is CCCC[C@@](N)(C(N)=O)C(=O)OC(C)(C)C. The summed E-state index contributed by atoms with van der Waals surface area (Å²) >= 11 is 0. The maximum Gasteiger partial charge on any atom is 0.336 e. The summed E-state index contributed by atoms with van der Waals surface area (Å²) in [6, 6.07) is 0. The average Bonchev–Trinajstić information content (AvgIpc) is 2.10. The van der Waals surface area contributed by atoms with E-state index in [9.17, 15) is 9.59 Å². The number of esters is 1. The highest BCUT2D eigenvalue weighted by Gasteiger charge is 2.42. The van der Waals surface area contributed by atoms with Gasteiger partial charge in [0.05, 0.1) is 0 Å². The largest absolute Gasteiger partial charge is 0.458 e. The van der Waals surface area contributed by atoms with Crippen molar-refractivity contribution in [3.05, 3.63) is 0 Å². The van der Waals surface area contributed by atoms with Gasteiger partial charge in [-0.05, 0) is 27.2 Å². The van der Waals surface area contributed by atoms with Crippen LogP contribution in [0.4, 0.5) is 0 Å². The molecule has 0 spiro atoms. The predicted molar refractivity (Wildman–Crippen MR) is 61.5 cm³/mol. The third-order valence-corrected chi connectivity index (χ3v) is 2.13. The molecule has 1 atom stereocenters. The van der Waals surface area contributed by atoms with Gasteiger partial charge in [0, 0.05) is 0 Å². The van der Waals surface area contributed by atoms with Crippen molar-refractivity contribution in [3.8, 4) is 0 Å². The molecule has 1 amide bonds. The van der Waals surface area contributed by atoms with Gasteiger partial charge in [-0.2, -0.15) is 0 Å². The maximum atomic E-state index is 11.8. The van der Waals surface area contributed by atoms with Crippen molar-refractivity contribution in [2.45, 2.75) is 58.1 Å². The summed E-state index contributed by atoms with van der Waals surface area (Å²) in [5.74, 6) is -1.59. The first kappa shape index (κ1) is 14.9. The Bertz CT molecular complexity index is 271. The summed E-state index contributed by atoms with van der Waals surface area (Å²) < 4.78 is 5.10. The summed E-state index contributed by atoms with van der Waals surface area (Å²) in [4.78, 5) is 23.0. The quantitative estimate of drug-likeness (QED) is 0.537. The van der Waals surface area contributed by atoms with E-state index in [2.05, 4.69) is 0 Å². The summed E-state index contributed by atoms with van der Waals surface area (Å²) in [5.41, 5.74) is 8.51. The molecule has 0 rings (SSSR count). The number of carbonyl (C=O) groups excluding carboxylic acids is 2. The molecule has 16 heavy (non-hydrogen) atoms. The molecule has 4 N–H and O–H groups in total. The van der Waals surface area contributed by atoms with Gasteiger partial charge in [0.25, 0.3) is 0 Å². The van der Waals surface area contributed by atoms with E-state index in [-0.39, 0.29) is 6.42 Å². The highest BCUT2D eigenvalue weighted by atomic mass is 16.6. The minimum Gasteiger partial charge on any atom is -0.458 e. The molecule has 0 radical (unpaired) electrons. The number of hydrogen-bond acceptors (Lipinski definition) is 4. The zero-order valence-electron chi connectivity index (χ0n) is 10.5. The number of amides is 1. The third-order valence-electron chi connectivity index (χ3n) is 2.13.